The summed E-state index contributed by atoms with van der Waals surface area (Å²) in [6.07, 6.45) is 1.01. The van der Waals surface area contributed by atoms with Crippen molar-refractivity contribution in [1.29, 1.82) is 0 Å². The number of benzene rings is 2. The van der Waals surface area contributed by atoms with Gasteiger partial charge in [-0.05, 0) is 42.3 Å². The maximum atomic E-state index is 12.9. The van der Waals surface area contributed by atoms with E-state index in [0.29, 0.717) is 67.2 Å². The second kappa shape index (κ2) is 9.69. The van der Waals surface area contributed by atoms with Gasteiger partial charge in [-0.15, -0.1) is 0 Å². The molecule has 0 unspecified atom stereocenters. The Hall–Kier alpha value is -2.93. The maximum absolute atomic E-state index is 12.9. The van der Waals surface area contributed by atoms with Gasteiger partial charge < -0.3 is 24.0 Å². The molecule has 2 heterocycles. The third kappa shape index (κ3) is 4.78. The highest BCUT2D eigenvalue weighted by Crippen LogP contribution is 2.38. The highest BCUT2D eigenvalue weighted by atomic mass is 35.5. The molecule has 0 atom stereocenters. The van der Waals surface area contributed by atoms with Crippen molar-refractivity contribution in [3.05, 3.63) is 52.0 Å². The zero-order valence-corrected chi connectivity index (χ0v) is 19.1. The Bertz CT molecular complexity index is 1020. The molecule has 4 rings (SSSR count). The fourth-order valence-corrected chi connectivity index (χ4v) is 4.26. The zero-order valence-electron chi connectivity index (χ0n) is 18.4. The van der Waals surface area contributed by atoms with Crippen molar-refractivity contribution in [3.8, 4) is 17.2 Å². The summed E-state index contributed by atoms with van der Waals surface area (Å²) < 4.78 is 16.7. The number of fused-ring (bicyclic) bond motifs is 1. The van der Waals surface area contributed by atoms with E-state index in [1.54, 1.807) is 29.0 Å². The Morgan fingerprint density at radius 3 is 2.50 bits per heavy atom. The number of methoxy groups -OCH3 is 1. The lowest BCUT2D eigenvalue weighted by Crippen LogP contribution is -2.51. The van der Waals surface area contributed by atoms with Crippen LogP contribution in [0.1, 0.15) is 27.9 Å². The molecule has 32 heavy (non-hydrogen) atoms. The maximum Gasteiger partial charge on any atom is 0.254 e. The number of amides is 2. The van der Waals surface area contributed by atoms with E-state index in [1.807, 2.05) is 25.1 Å². The van der Waals surface area contributed by atoms with Crippen LogP contribution < -0.4 is 14.2 Å². The van der Waals surface area contributed by atoms with E-state index in [2.05, 4.69) is 0 Å². The first-order valence-corrected chi connectivity index (χ1v) is 11.1. The summed E-state index contributed by atoms with van der Waals surface area (Å²) >= 11 is 6.35. The van der Waals surface area contributed by atoms with Crippen molar-refractivity contribution in [2.75, 3.05) is 46.5 Å². The van der Waals surface area contributed by atoms with Crippen molar-refractivity contribution < 1.29 is 23.8 Å². The number of carbonyl (C=O) groups excluding carboxylic acids is 2. The minimum atomic E-state index is -0.0509. The van der Waals surface area contributed by atoms with Gasteiger partial charge in [0.25, 0.3) is 5.91 Å². The van der Waals surface area contributed by atoms with Crippen molar-refractivity contribution in [1.82, 2.24) is 9.80 Å². The van der Waals surface area contributed by atoms with Crippen LogP contribution in [0, 0.1) is 6.92 Å². The number of ether oxygens (including phenoxy) is 3. The molecule has 0 spiro atoms. The normalized spacial score (nSPS) is 15.8. The van der Waals surface area contributed by atoms with Gasteiger partial charge in [0.1, 0.15) is 5.75 Å². The number of halogens is 1. The monoisotopic (exact) mass is 458 g/mol. The summed E-state index contributed by atoms with van der Waals surface area (Å²) in [5, 5.41) is 0.455. The van der Waals surface area contributed by atoms with E-state index in [9.17, 15) is 9.59 Å². The lowest BCUT2D eigenvalue weighted by molar-refractivity contribution is -0.131. The molecule has 2 amide bonds. The number of carbonyl (C=O) groups is 2. The molecule has 2 aromatic rings. The minimum Gasteiger partial charge on any atom is -0.496 e. The minimum absolute atomic E-state index is 0.000314. The van der Waals surface area contributed by atoms with Crippen molar-refractivity contribution >= 4 is 23.4 Å². The molecule has 0 radical (unpaired) electrons. The molecule has 0 saturated carbocycles. The van der Waals surface area contributed by atoms with Gasteiger partial charge in [0.05, 0.1) is 31.8 Å². The topological polar surface area (TPSA) is 68.3 Å². The molecule has 1 saturated heterocycles. The molecule has 7 nitrogen and oxygen atoms in total. The van der Waals surface area contributed by atoms with Gasteiger partial charge >= 0.3 is 0 Å². The van der Waals surface area contributed by atoms with E-state index in [4.69, 9.17) is 25.8 Å². The van der Waals surface area contributed by atoms with Gasteiger partial charge in [-0.1, -0.05) is 17.7 Å². The van der Waals surface area contributed by atoms with Crippen LogP contribution in [0.15, 0.2) is 30.3 Å². The van der Waals surface area contributed by atoms with Gasteiger partial charge in [0.15, 0.2) is 11.5 Å². The molecule has 2 aromatic carbocycles. The Balaban J connectivity index is 1.36. The lowest BCUT2D eigenvalue weighted by atomic mass is 10.1. The highest BCUT2D eigenvalue weighted by Gasteiger charge is 2.26. The van der Waals surface area contributed by atoms with Gasteiger partial charge in [-0.25, -0.2) is 0 Å². The predicted molar refractivity (Wildman–Crippen MR) is 121 cm³/mol. The number of hydrogen-bond acceptors (Lipinski definition) is 5. The van der Waals surface area contributed by atoms with Crippen molar-refractivity contribution in [2.45, 2.75) is 19.8 Å². The summed E-state index contributed by atoms with van der Waals surface area (Å²) in [4.78, 5) is 29.3. The smallest absolute Gasteiger partial charge is 0.254 e. The average Bonchev–Trinajstić information content (AvgIpc) is 3.05. The van der Waals surface area contributed by atoms with Crippen LogP contribution in [0.25, 0.3) is 0 Å². The van der Waals surface area contributed by atoms with Gasteiger partial charge in [0, 0.05) is 38.2 Å². The summed E-state index contributed by atoms with van der Waals surface area (Å²) in [5.74, 6) is 1.77. The van der Waals surface area contributed by atoms with E-state index >= 15 is 0 Å². The van der Waals surface area contributed by atoms with Gasteiger partial charge in [-0.3, -0.25) is 9.59 Å². The lowest BCUT2D eigenvalue weighted by Gasteiger charge is -2.35. The zero-order chi connectivity index (χ0) is 22.7. The van der Waals surface area contributed by atoms with E-state index < -0.39 is 0 Å². The van der Waals surface area contributed by atoms with Crippen LogP contribution in [-0.2, 0) is 11.2 Å². The van der Waals surface area contributed by atoms with E-state index in [-0.39, 0.29) is 18.2 Å². The SMILES string of the molecule is COc1cc(C(=O)N2CCN(C(=O)Cc3cc(Cl)c4c(c3)OCCCO4)CC2)ccc1C. The summed E-state index contributed by atoms with van der Waals surface area (Å²) in [6.45, 7) is 5.02. The highest BCUT2D eigenvalue weighted by molar-refractivity contribution is 6.32. The molecule has 2 aliphatic heterocycles. The number of nitrogens with zero attached hydrogens (tertiary/aromatic N) is 2. The molecule has 0 aliphatic carbocycles. The molecule has 0 bridgehead atoms. The van der Waals surface area contributed by atoms with Crippen molar-refractivity contribution in [3.63, 3.8) is 0 Å². The van der Waals surface area contributed by atoms with E-state index in [1.165, 1.54) is 0 Å². The molecule has 0 N–H and O–H groups in total. The summed E-state index contributed by atoms with van der Waals surface area (Å²) in [7, 11) is 1.59. The van der Waals surface area contributed by atoms with Crippen LogP contribution in [0.5, 0.6) is 17.2 Å². The number of aryl methyl sites for hydroxylation is 1. The molecule has 8 heteroatoms. The molecule has 170 valence electrons. The molecular formula is C24H27ClN2O5. The largest absolute Gasteiger partial charge is 0.496 e. The van der Waals surface area contributed by atoms with Crippen LogP contribution in [-0.4, -0.2) is 68.1 Å². The quantitative estimate of drug-likeness (QED) is 0.702. The second-order valence-electron chi connectivity index (χ2n) is 7.99. The predicted octanol–water partition coefficient (Wildman–Crippen LogP) is 3.35. The molecule has 0 aromatic heterocycles. The fraction of sp³-hybridized carbons (Fsp3) is 0.417. The number of rotatable bonds is 4. The third-order valence-corrected chi connectivity index (χ3v) is 6.07. The van der Waals surface area contributed by atoms with Gasteiger partial charge in [0.2, 0.25) is 5.91 Å². The Labute approximate surface area is 192 Å². The first kappa shape index (κ1) is 22.3. The van der Waals surface area contributed by atoms with Crippen LogP contribution in [0.3, 0.4) is 0 Å². The van der Waals surface area contributed by atoms with Crippen LogP contribution in [0.2, 0.25) is 5.02 Å². The Morgan fingerprint density at radius 1 is 1.03 bits per heavy atom. The standard InChI is InChI=1S/C24H27ClN2O5/c1-16-4-5-18(15-20(16)30-2)24(29)27-8-6-26(7-9-27)22(28)14-17-12-19(25)23-21(13-17)31-10-3-11-32-23/h4-5,12-13,15H,3,6-11,14H2,1-2H3. The molecular weight excluding hydrogens is 432 g/mol. The van der Waals surface area contributed by atoms with Crippen LogP contribution in [0.4, 0.5) is 0 Å². The third-order valence-electron chi connectivity index (χ3n) is 5.79. The van der Waals surface area contributed by atoms with Crippen molar-refractivity contribution in [2.24, 2.45) is 0 Å². The summed E-state index contributed by atoms with van der Waals surface area (Å²) in [6, 6.07) is 9.05. The summed E-state index contributed by atoms with van der Waals surface area (Å²) in [5.41, 5.74) is 2.36. The first-order chi connectivity index (χ1) is 15.5. The van der Waals surface area contributed by atoms with Crippen LogP contribution >= 0.6 is 11.6 Å². The number of hydrogen-bond donors (Lipinski definition) is 0. The first-order valence-electron chi connectivity index (χ1n) is 10.8. The molecule has 1 fully saturated rings. The van der Waals surface area contributed by atoms with Gasteiger partial charge in [-0.2, -0.15) is 0 Å². The number of piperazine rings is 1. The average molecular weight is 459 g/mol. The molecule has 2 aliphatic rings. The Morgan fingerprint density at radius 2 is 1.75 bits per heavy atom. The van der Waals surface area contributed by atoms with E-state index in [0.717, 1.165) is 17.5 Å². The Kier molecular flexibility index (Phi) is 6.74. The second-order valence-corrected chi connectivity index (χ2v) is 8.40. The fourth-order valence-electron chi connectivity index (χ4n) is 3.97.